The molecular formula is C18H16ClN3O2. The van der Waals surface area contributed by atoms with E-state index >= 15 is 0 Å². The second kappa shape index (κ2) is 6.26. The Morgan fingerprint density at radius 2 is 2.08 bits per heavy atom. The van der Waals surface area contributed by atoms with Crippen molar-refractivity contribution in [1.82, 2.24) is 14.9 Å². The van der Waals surface area contributed by atoms with E-state index in [1.165, 1.54) is 0 Å². The van der Waals surface area contributed by atoms with Gasteiger partial charge in [0.05, 0.1) is 24.1 Å². The van der Waals surface area contributed by atoms with E-state index in [2.05, 4.69) is 14.9 Å². The van der Waals surface area contributed by atoms with Crippen molar-refractivity contribution in [2.24, 2.45) is 0 Å². The predicted octanol–water partition coefficient (Wildman–Crippen LogP) is 3.24. The van der Waals surface area contributed by atoms with Gasteiger partial charge in [-0.3, -0.25) is 9.69 Å². The second-order valence-electron chi connectivity index (χ2n) is 5.89. The van der Waals surface area contributed by atoms with Crippen molar-refractivity contribution in [2.45, 2.75) is 19.5 Å². The van der Waals surface area contributed by atoms with Gasteiger partial charge in [-0.15, -0.1) is 0 Å². The Morgan fingerprint density at radius 1 is 1.25 bits per heavy atom. The molecule has 0 atom stereocenters. The van der Waals surface area contributed by atoms with Crippen molar-refractivity contribution in [3.05, 3.63) is 75.1 Å². The van der Waals surface area contributed by atoms with Gasteiger partial charge in [-0.1, -0.05) is 11.6 Å². The summed E-state index contributed by atoms with van der Waals surface area (Å²) in [4.78, 5) is 22.2. The molecule has 24 heavy (non-hydrogen) atoms. The van der Waals surface area contributed by atoms with Crippen LogP contribution in [0.3, 0.4) is 0 Å². The number of halogens is 1. The predicted molar refractivity (Wildman–Crippen MR) is 91.8 cm³/mol. The molecule has 5 nitrogen and oxygen atoms in total. The smallest absolute Gasteiger partial charge is 0.255 e. The van der Waals surface area contributed by atoms with Gasteiger partial charge in [-0.05, 0) is 36.4 Å². The Kier molecular flexibility index (Phi) is 3.96. The fraction of sp³-hybridized carbons (Fsp3) is 0.222. The summed E-state index contributed by atoms with van der Waals surface area (Å²) in [5.41, 5.74) is 2.40. The number of aromatic nitrogens is 2. The number of fused-ring (bicyclic) bond motifs is 1. The fourth-order valence-electron chi connectivity index (χ4n) is 2.98. The largest absolute Gasteiger partial charge is 0.468 e. The lowest BCUT2D eigenvalue weighted by Crippen LogP contribution is -2.35. The monoisotopic (exact) mass is 341 g/mol. The van der Waals surface area contributed by atoms with Gasteiger partial charge in [0.25, 0.3) is 5.56 Å². The minimum atomic E-state index is -0.0749. The fourth-order valence-corrected chi connectivity index (χ4v) is 3.11. The van der Waals surface area contributed by atoms with Gasteiger partial charge in [-0.25, -0.2) is 4.98 Å². The van der Waals surface area contributed by atoms with Crippen molar-refractivity contribution in [2.75, 3.05) is 6.54 Å². The third kappa shape index (κ3) is 3.00. The van der Waals surface area contributed by atoms with Crippen LogP contribution in [0.15, 0.2) is 51.9 Å². The number of nitrogens with zero attached hydrogens (tertiary/aromatic N) is 2. The average Bonchev–Trinajstić information content (AvgIpc) is 3.09. The Balaban J connectivity index is 1.61. The first kappa shape index (κ1) is 15.2. The van der Waals surface area contributed by atoms with E-state index in [9.17, 15) is 4.79 Å². The third-order valence-corrected chi connectivity index (χ3v) is 4.48. The van der Waals surface area contributed by atoms with Crippen LogP contribution >= 0.6 is 11.6 Å². The molecule has 0 aliphatic carbocycles. The van der Waals surface area contributed by atoms with Gasteiger partial charge in [0, 0.05) is 30.1 Å². The minimum Gasteiger partial charge on any atom is -0.468 e. The normalized spacial score (nSPS) is 14.5. The number of benzene rings is 1. The number of nitrogens with one attached hydrogen (secondary N) is 1. The van der Waals surface area contributed by atoms with E-state index in [1.54, 1.807) is 18.4 Å². The molecule has 6 heteroatoms. The molecule has 1 aliphatic heterocycles. The van der Waals surface area contributed by atoms with Gasteiger partial charge >= 0.3 is 0 Å². The molecule has 0 radical (unpaired) electrons. The van der Waals surface area contributed by atoms with Crippen molar-refractivity contribution < 1.29 is 4.42 Å². The van der Waals surface area contributed by atoms with E-state index < -0.39 is 0 Å². The number of hydrogen-bond donors (Lipinski definition) is 1. The average molecular weight is 342 g/mol. The summed E-state index contributed by atoms with van der Waals surface area (Å²) in [5, 5.41) is 0.660. The first-order valence-electron chi connectivity index (χ1n) is 7.82. The van der Waals surface area contributed by atoms with Gasteiger partial charge in [0.1, 0.15) is 11.6 Å². The second-order valence-corrected chi connectivity index (χ2v) is 6.32. The van der Waals surface area contributed by atoms with Crippen molar-refractivity contribution >= 4 is 11.6 Å². The molecule has 0 amide bonds. The van der Waals surface area contributed by atoms with Crippen molar-refractivity contribution in [1.29, 1.82) is 0 Å². The molecule has 4 rings (SSSR count). The van der Waals surface area contributed by atoms with E-state index in [0.29, 0.717) is 23.9 Å². The molecule has 1 aliphatic rings. The lowest BCUT2D eigenvalue weighted by molar-refractivity contribution is 0.222. The topological polar surface area (TPSA) is 62.1 Å². The first-order valence-corrected chi connectivity index (χ1v) is 8.19. The minimum absolute atomic E-state index is 0.0749. The third-order valence-electron chi connectivity index (χ3n) is 4.22. The highest BCUT2D eigenvalue weighted by molar-refractivity contribution is 6.30. The number of aromatic amines is 1. The molecule has 3 aromatic rings. The van der Waals surface area contributed by atoms with Crippen LogP contribution in [0.2, 0.25) is 5.02 Å². The molecule has 1 N–H and O–H groups in total. The van der Waals surface area contributed by atoms with Gasteiger partial charge in [0.15, 0.2) is 0 Å². The number of hydrogen-bond acceptors (Lipinski definition) is 4. The number of H-pyrrole nitrogens is 1. The molecule has 122 valence electrons. The summed E-state index contributed by atoms with van der Waals surface area (Å²) < 4.78 is 5.39. The van der Waals surface area contributed by atoms with E-state index in [0.717, 1.165) is 35.5 Å². The van der Waals surface area contributed by atoms with Crippen LogP contribution in [0.4, 0.5) is 0 Å². The van der Waals surface area contributed by atoms with Crippen molar-refractivity contribution in [3.8, 4) is 11.4 Å². The highest BCUT2D eigenvalue weighted by Gasteiger charge is 2.22. The summed E-state index contributed by atoms with van der Waals surface area (Å²) in [6.07, 6.45) is 2.42. The van der Waals surface area contributed by atoms with Gasteiger partial charge < -0.3 is 9.40 Å². The van der Waals surface area contributed by atoms with E-state index in [1.807, 2.05) is 24.3 Å². The SMILES string of the molecule is O=c1[nH]c(-c2ccc(Cl)cc2)nc2c1CN(Cc1ccco1)CC2. The standard InChI is InChI=1S/C18H16ClN3O2/c19-13-5-3-12(4-6-13)17-20-16-7-8-22(10-14-2-1-9-24-14)11-15(16)18(23)21-17/h1-6,9H,7-8,10-11H2,(H,20,21,23). The molecule has 3 heterocycles. The summed E-state index contributed by atoms with van der Waals surface area (Å²) in [5.74, 6) is 1.50. The zero-order chi connectivity index (χ0) is 16.5. The molecule has 0 saturated heterocycles. The van der Waals surface area contributed by atoms with E-state index in [4.69, 9.17) is 16.0 Å². The summed E-state index contributed by atoms with van der Waals surface area (Å²) in [6.45, 7) is 2.13. The molecular weight excluding hydrogens is 326 g/mol. The van der Waals surface area contributed by atoms with Crippen LogP contribution in [0, 0.1) is 0 Å². The van der Waals surface area contributed by atoms with Crippen LogP contribution < -0.4 is 5.56 Å². The van der Waals surface area contributed by atoms with Crippen molar-refractivity contribution in [3.63, 3.8) is 0 Å². The quantitative estimate of drug-likeness (QED) is 0.794. The number of furan rings is 1. The van der Waals surface area contributed by atoms with Crippen LogP contribution in [-0.2, 0) is 19.5 Å². The molecule has 1 aromatic carbocycles. The zero-order valence-electron chi connectivity index (χ0n) is 13.0. The molecule has 0 spiro atoms. The van der Waals surface area contributed by atoms with Crippen LogP contribution in [-0.4, -0.2) is 21.4 Å². The Labute approximate surface area is 143 Å². The lowest BCUT2D eigenvalue weighted by Gasteiger charge is -2.26. The summed E-state index contributed by atoms with van der Waals surface area (Å²) >= 11 is 5.91. The first-order chi connectivity index (χ1) is 11.7. The summed E-state index contributed by atoms with van der Waals surface area (Å²) in [6, 6.07) is 11.1. The Morgan fingerprint density at radius 3 is 2.83 bits per heavy atom. The highest BCUT2D eigenvalue weighted by Crippen LogP contribution is 2.21. The maximum atomic E-state index is 12.5. The molecule has 0 unspecified atom stereocenters. The van der Waals surface area contributed by atoms with Gasteiger partial charge in [-0.2, -0.15) is 0 Å². The maximum absolute atomic E-state index is 12.5. The van der Waals surface area contributed by atoms with Crippen LogP contribution in [0.1, 0.15) is 17.0 Å². The van der Waals surface area contributed by atoms with Gasteiger partial charge in [0.2, 0.25) is 0 Å². The molecule has 0 bridgehead atoms. The van der Waals surface area contributed by atoms with Crippen LogP contribution in [0.25, 0.3) is 11.4 Å². The summed E-state index contributed by atoms with van der Waals surface area (Å²) in [7, 11) is 0. The van der Waals surface area contributed by atoms with Crippen LogP contribution in [0.5, 0.6) is 0 Å². The van der Waals surface area contributed by atoms with E-state index in [-0.39, 0.29) is 5.56 Å². The molecule has 2 aromatic heterocycles. The zero-order valence-corrected chi connectivity index (χ0v) is 13.7. The Hall–Kier alpha value is -2.37. The molecule has 0 saturated carbocycles. The molecule has 0 fully saturated rings. The highest BCUT2D eigenvalue weighted by atomic mass is 35.5. The lowest BCUT2D eigenvalue weighted by atomic mass is 10.1. The Bertz CT molecular complexity index is 901. The maximum Gasteiger partial charge on any atom is 0.255 e. The number of rotatable bonds is 3.